The van der Waals surface area contributed by atoms with Crippen LogP contribution in [0.25, 0.3) is 10.2 Å². The Balaban J connectivity index is 1.96. The summed E-state index contributed by atoms with van der Waals surface area (Å²) in [5, 5.41) is 17.6. The van der Waals surface area contributed by atoms with E-state index in [1.165, 1.54) is 18.4 Å². The number of fused-ring (bicyclic) bond motifs is 1. The van der Waals surface area contributed by atoms with Gasteiger partial charge >= 0.3 is 0 Å². The number of aromatic nitrogens is 2. The number of carbonyl (C=O) groups is 1. The van der Waals surface area contributed by atoms with Gasteiger partial charge in [0.15, 0.2) is 0 Å². The lowest BCUT2D eigenvalue weighted by Crippen LogP contribution is -2.27. The summed E-state index contributed by atoms with van der Waals surface area (Å²) in [6.45, 7) is 2.64. The first kappa shape index (κ1) is 15.0. The van der Waals surface area contributed by atoms with E-state index in [1.54, 1.807) is 4.68 Å². The number of ether oxygens (including phenoxy) is 1. The molecule has 2 N–H and O–H groups in total. The molecule has 0 aliphatic heterocycles. The number of rotatable bonds is 6. The fourth-order valence-corrected chi connectivity index (χ4v) is 3.07. The molecular weight excluding hydrogens is 278 g/mol. The SMILES string of the molecule is COCC(O)CCNC(=O)c1cc2c(C)nn(C)c2s1. The summed E-state index contributed by atoms with van der Waals surface area (Å²) >= 11 is 1.42. The predicted octanol–water partition coefficient (Wildman–Crippen LogP) is 1.07. The third-order valence-electron chi connectivity index (χ3n) is 3.04. The van der Waals surface area contributed by atoms with Crippen LogP contribution in [0.2, 0.25) is 0 Å². The topological polar surface area (TPSA) is 76.4 Å². The molecule has 0 aromatic carbocycles. The van der Waals surface area contributed by atoms with Gasteiger partial charge < -0.3 is 15.2 Å². The summed E-state index contributed by atoms with van der Waals surface area (Å²) in [6.07, 6.45) is -0.0698. The Hall–Kier alpha value is -1.44. The van der Waals surface area contributed by atoms with Crippen LogP contribution in [0.5, 0.6) is 0 Å². The highest BCUT2D eigenvalue weighted by atomic mass is 32.1. The van der Waals surface area contributed by atoms with Gasteiger partial charge in [0.05, 0.1) is 23.3 Å². The smallest absolute Gasteiger partial charge is 0.261 e. The second-order valence-electron chi connectivity index (χ2n) is 4.69. The van der Waals surface area contributed by atoms with Gasteiger partial charge in [-0.15, -0.1) is 11.3 Å². The van der Waals surface area contributed by atoms with E-state index in [0.717, 1.165) is 15.9 Å². The average Bonchev–Trinajstić information content (AvgIpc) is 2.93. The van der Waals surface area contributed by atoms with E-state index in [4.69, 9.17) is 4.74 Å². The lowest BCUT2D eigenvalue weighted by atomic mass is 10.2. The van der Waals surface area contributed by atoms with Crippen molar-refractivity contribution >= 4 is 27.5 Å². The normalized spacial score (nSPS) is 12.8. The van der Waals surface area contributed by atoms with E-state index in [1.807, 2.05) is 20.0 Å². The fraction of sp³-hybridized carbons (Fsp3) is 0.538. The van der Waals surface area contributed by atoms with Crippen molar-refractivity contribution in [3.63, 3.8) is 0 Å². The van der Waals surface area contributed by atoms with E-state index in [2.05, 4.69) is 10.4 Å². The van der Waals surface area contributed by atoms with Crippen molar-refractivity contribution in [1.29, 1.82) is 0 Å². The first-order valence-corrected chi connectivity index (χ1v) is 7.23. The Bertz CT molecular complexity index is 571. The Morgan fingerprint density at radius 1 is 1.65 bits per heavy atom. The van der Waals surface area contributed by atoms with E-state index >= 15 is 0 Å². The van der Waals surface area contributed by atoms with Gasteiger partial charge in [-0.1, -0.05) is 0 Å². The van der Waals surface area contributed by atoms with Gasteiger partial charge in [0, 0.05) is 26.1 Å². The molecule has 7 heteroatoms. The molecule has 6 nitrogen and oxygen atoms in total. The summed E-state index contributed by atoms with van der Waals surface area (Å²) < 4.78 is 6.62. The minimum absolute atomic E-state index is 0.116. The lowest BCUT2D eigenvalue weighted by Gasteiger charge is -2.09. The number of hydrogen-bond acceptors (Lipinski definition) is 5. The quantitative estimate of drug-likeness (QED) is 0.836. The van der Waals surface area contributed by atoms with Crippen LogP contribution in [0.1, 0.15) is 21.8 Å². The van der Waals surface area contributed by atoms with Gasteiger partial charge in [-0.25, -0.2) is 0 Å². The first-order valence-electron chi connectivity index (χ1n) is 6.41. The zero-order valence-corrected chi connectivity index (χ0v) is 12.7. The maximum atomic E-state index is 12.0. The van der Waals surface area contributed by atoms with Crippen LogP contribution in [0.15, 0.2) is 6.07 Å². The van der Waals surface area contributed by atoms with Gasteiger partial charge in [-0.2, -0.15) is 5.10 Å². The zero-order chi connectivity index (χ0) is 14.7. The molecule has 2 heterocycles. The first-order chi connectivity index (χ1) is 9.52. The number of aryl methyl sites for hydroxylation is 2. The van der Waals surface area contributed by atoms with Crippen molar-refractivity contribution in [2.24, 2.45) is 7.05 Å². The molecule has 2 aromatic heterocycles. The molecule has 0 aliphatic rings. The molecule has 110 valence electrons. The van der Waals surface area contributed by atoms with Crippen LogP contribution >= 0.6 is 11.3 Å². The molecule has 0 fully saturated rings. The maximum Gasteiger partial charge on any atom is 0.261 e. The Morgan fingerprint density at radius 3 is 3.05 bits per heavy atom. The van der Waals surface area contributed by atoms with Crippen molar-refractivity contribution < 1.29 is 14.6 Å². The van der Waals surface area contributed by atoms with Gasteiger partial charge in [0.25, 0.3) is 5.91 Å². The third kappa shape index (κ3) is 3.17. The number of hydrogen-bond donors (Lipinski definition) is 2. The molecule has 20 heavy (non-hydrogen) atoms. The number of aliphatic hydroxyl groups excluding tert-OH is 1. The summed E-state index contributed by atoms with van der Waals surface area (Å²) in [4.78, 5) is 13.7. The minimum Gasteiger partial charge on any atom is -0.391 e. The molecule has 2 aromatic rings. The van der Waals surface area contributed by atoms with E-state index in [0.29, 0.717) is 17.8 Å². The molecule has 0 saturated heterocycles. The number of thiophene rings is 1. The van der Waals surface area contributed by atoms with Crippen LogP contribution in [-0.4, -0.2) is 47.2 Å². The van der Waals surface area contributed by atoms with E-state index < -0.39 is 6.10 Å². The summed E-state index contributed by atoms with van der Waals surface area (Å²) in [7, 11) is 3.41. The van der Waals surface area contributed by atoms with E-state index in [-0.39, 0.29) is 12.5 Å². The van der Waals surface area contributed by atoms with Crippen molar-refractivity contribution in [3.05, 3.63) is 16.6 Å². The van der Waals surface area contributed by atoms with Gasteiger partial charge in [-0.05, 0) is 19.4 Å². The average molecular weight is 297 g/mol. The zero-order valence-electron chi connectivity index (χ0n) is 11.8. The highest BCUT2D eigenvalue weighted by molar-refractivity contribution is 7.20. The Morgan fingerprint density at radius 2 is 2.40 bits per heavy atom. The molecule has 1 atom stereocenters. The number of amides is 1. The summed E-state index contributed by atoms with van der Waals surface area (Å²) in [5.41, 5.74) is 0.924. The lowest BCUT2D eigenvalue weighted by molar-refractivity contribution is 0.0588. The molecule has 2 rings (SSSR count). The number of aliphatic hydroxyl groups is 1. The summed E-state index contributed by atoms with van der Waals surface area (Å²) in [5.74, 6) is -0.116. The van der Waals surface area contributed by atoms with Crippen molar-refractivity contribution in [2.45, 2.75) is 19.4 Å². The molecule has 1 amide bonds. The maximum absolute atomic E-state index is 12.0. The highest BCUT2D eigenvalue weighted by Crippen LogP contribution is 2.27. The van der Waals surface area contributed by atoms with Crippen molar-refractivity contribution in [2.75, 3.05) is 20.3 Å². The molecule has 0 spiro atoms. The van der Waals surface area contributed by atoms with Crippen LogP contribution < -0.4 is 5.32 Å². The van der Waals surface area contributed by atoms with Crippen molar-refractivity contribution in [3.8, 4) is 0 Å². The third-order valence-corrected chi connectivity index (χ3v) is 4.24. The number of nitrogens with zero attached hydrogens (tertiary/aromatic N) is 2. The van der Waals surface area contributed by atoms with Gasteiger partial charge in [0.2, 0.25) is 0 Å². The molecule has 0 radical (unpaired) electrons. The standard InChI is InChI=1S/C13H19N3O3S/c1-8-10-6-11(20-13(10)16(2)15-8)12(18)14-5-4-9(17)7-19-3/h6,9,17H,4-5,7H2,1-3H3,(H,14,18). The van der Waals surface area contributed by atoms with Crippen molar-refractivity contribution in [1.82, 2.24) is 15.1 Å². The van der Waals surface area contributed by atoms with Crippen LogP contribution in [0, 0.1) is 6.92 Å². The predicted molar refractivity (Wildman–Crippen MR) is 78.2 cm³/mol. The monoisotopic (exact) mass is 297 g/mol. The Kier molecular flexibility index (Phi) is 4.74. The van der Waals surface area contributed by atoms with Crippen LogP contribution in [0.3, 0.4) is 0 Å². The summed E-state index contributed by atoms with van der Waals surface area (Å²) in [6, 6.07) is 1.86. The molecule has 1 unspecified atom stereocenters. The second-order valence-corrected chi connectivity index (χ2v) is 5.72. The number of nitrogens with one attached hydrogen (secondary N) is 1. The molecular formula is C13H19N3O3S. The second kappa shape index (κ2) is 6.34. The Labute approximate surface area is 121 Å². The minimum atomic E-state index is -0.547. The van der Waals surface area contributed by atoms with Gasteiger partial charge in [-0.3, -0.25) is 9.48 Å². The largest absolute Gasteiger partial charge is 0.391 e. The van der Waals surface area contributed by atoms with Crippen LogP contribution in [-0.2, 0) is 11.8 Å². The number of carbonyl (C=O) groups excluding carboxylic acids is 1. The molecule has 0 aliphatic carbocycles. The molecule has 0 bridgehead atoms. The van der Waals surface area contributed by atoms with E-state index in [9.17, 15) is 9.90 Å². The van der Waals surface area contributed by atoms with Crippen LogP contribution in [0.4, 0.5) is 0 Å². The van der Waals surface area contributed by atoms with Gasteiger partial charge in [0.1, 0.15) is 4.83 Å². The molecule has 0 saturated carbocycles. The fourth-order valence-electron chi connectivity index (χ4n) is 2.03. The number of methoxy groups -OCH3 is 1. The highest BCUT2D eigenvalue weighted by Gasteiger charge is 2.15.